The van der Waals surface area contributed by atoms with Crippen LogP contribution in [0.3, 0.4) is 0 Å². The van der Waals surface area contributed by atoms with Crippen LogP contribution < -0.4 is 5.73 Å². The van der Waals surface area contributed by atoms with Crippen LogP contribution in [-0.2, 0) is 14.3 Å². The van der Waals surface area contributed by atoms with Crippen molar-refractivity contribution in [2.24, 2.45) is 17.6 Å². The summed E-state index contributed by atoms with van der Waals surface area (Å²) in [5.41, 5.74) is 5.69. The number of nitrogens with two attached hydrogens (primary N) is 1. The third-order valence-corrected chi connectivity index (χ3v) is 4.79. The highest BCUT2D eigenvalue weighted by Gasteiger charge is 2.37. The Morgan fingerprint density at radius 1 is 1.15 bits per heavy atom. The Bertz CT molecular complexity index is 351. The van der Waals surface area contributed by atoms with Gasteiger partial charge in [-0.25, -0.2) is 4.79 Å². The molecule has 0 aromatic rings. The number of nitrogens with zero attached hydrogens (tertiary/aromatic N) is 1. The molecular weight excluding hydrogens is 256 g/mol. The molecule has 20 heavy (non-hydrogen) atoms. The van der Waals surface area contributed by atoms with Crippen molar-refractivity contribution in [2.45, 2.75) is 51.0 Å². The Hall–Kier alpha value is -1.10. The molecule has 1 saturated heterocycles. The molecule has 1 atom stereocenters. The van der Waals surface area contributed by atoms with Crippen LogP contribution in [-0.4, -0.2) is 43.0 Å². The maximum Gasteiger partial charge on any atom is 0.328 e. The first-order chi connectivity index (χ1) is 9.67. The predicted octanol–water partition coefficient (Wildman–Crippen LogP) is 1.31. The molecule has 0 aromatic heterocycles. The summed E-state index contributed by atoms with van der Waals surface area (Å²) >= 11 is 0. The number of carbonyl (C=O) groups excluding carboxylic acids is 2. The van der Waals surface area contributed by atoms with E-state index in [-0.39, 0.29) is 23.8 Å². The first-order valence-corrected chi connectivity index (χ1v) is 7.75. The summed E-state index contributed by atoms with van der Waals surface area (Å²) in [5, 5.41) is 0. The molecule has 2 aliphatic rings. The Morgan fingerprint density at radius 3 is 2.45 bits per heavy atom. The third kappa shape index (κ3) is 3.32. The molecule has 1 aliphatic heterocycles. The van der Waals surface area contributed by atoms with Crippen molar-refractivity contribution >= 4 is 11.9 Å². The summed E-state index contributed by atoms with van der Waals surface area (Å²) in [6.07, 6.45) is 6.58. The molecule has 1 amide bonds. The number of rotatable bonds is 3. The molecule has 0 spiro atoms. The van der Waals surface area contributed by atoms with E-state index in [1.165, 1.54) is 7.11 Å². The molecule has 0 aromatic carbocycles. The quantitative estimate of drug-likeness (QED) is 0.792. The monoisotopic (exact) mass is 282 g/mol. The molecule has 114 valence electrons. The van der Waals surface area contributed by atoms with Gasteiger partial charge in [-0.2, -0.15) is 0 Å². The minimum Gasteiger partial charge on any atom is -0.467 e. The van der Waals surface area contributed by atoms with E-state index in [4.69, 9.17) is 10.5 Å². The molecule has 2 fully saturated rings. The van der Waals surface area contributed by atoms with E-state index >= 15 is 0 Å². The van der Waals surface area contributed by atoms with Crippen molar-refractivity contribution < 1.29 is 14.3 Å². The van der Waals surface area contributed by atoms with Gasteiger partial charge in [0, 0.05) is 12.5 Å². The molecule has 0 bridgehead atoms. The largest absolute Gasteiger partial charge is 0.467 e. The molecule has 2 rings (SSSR count). The molecule has 2 N–H and O–H groups in total. The van der Waals surface area contributed by atoms with Crippen LogP contribution in [0.1, 0.15) is 44.9 Å². The van der Waals surface area contributed by atoms with Crippen LogP contribution in [0, 0.1) is 11.8 Å². The highest BCUT2D eigenvalue weighted by atomic mass is 16.5. The highest BCUT2D eigenvalue weighted by Crippen LogP contribution is 2.31. The van der Waals surface area contributed by atoms with Gasteiger partial charge in [-0.15, -0.1) is 0 Å². The average Bonchev–Trinajstić information content (AvgIpc) is 2.53. The summed E-state index contributed by atoms with van der Waals surface area (Å²) in [7, 11) is 1.39. The average molecular weight is 282 g/mol. The van der Waals surface area contributed by atoms with Crippen LogP contribution in [0.15, 0.2) is 0 Å². The van der Waals surface area contributed by atoms with Crippen molar-refractivity contribution in [1.82, 2.24) is 4.90 Å². The standard InChI is InChI=1S/C15H26N2O3/c1-20-15(19)13-4-2-3-9-17(13)14(18)12-7-5-11(10-16)6-8-12/h11-13H,2-10,16H2,1H3. The third-order valence-electron chi connectivity index (χ3n) is 4.79. The zero-order valence-corrected chi connectivity index (χ0v) is 12.3. The van der Waals surface area contributed by atoms with Gasteiger partial charge < -0.3 is 15.4 Å². The normalized spacial score (nSPS) is 30.9. The van der Waals surface area contributed by atoms with Crippen LogP contribution >= 0.6 is 0 Å². The molecule has 5 nitrogen and oxygen atoms in total. The SMILES string of the molecule is COC(=O)C1CCCCN1C(=O)C1CCC(CN)CC1. The van der Waals surface area contributed by atoms with E-state index < -0.39 is 0 Å². The summed E-state index contributed by atoms with van der Waals surface area (Å²) in [5.74, 6) is 0.518. The lowest BCUT2D eigenvalue weighted by Crippen LogP contribution is -2.51. The van der Waals surface area contributed by atoms with Crippen LogP contribution in [0.4, 0.5) is 0 Å². The van der Waals surface area contributed by atoms with E-state index in [1.54, 1.807) is 4.90 Å². The predicted molar refractivity (Wildman–Crippen MR) is 75.9 cm³/mol. The molecule has 0 radical (unpaired) electrons. The lowest BCUT2D eigenvalue weighted by atomic mass is 9.81. The summed E-state index contributed by atoms with van der Waals surface area (Å²) in [4.78, 5) is 26.3. The fraction of sp³-hybridized carbons (Fsp3) is 0.867. The Labute approximate surface area is 120 Å². The van der Waals surface area contributed by atoms with Gasteiger partial charge in [0.15, 0.2) is 0 Å². The maximum atomic E-state index is 12.7. The number of amides is 1. The van der Waals surface area contributed by atoms with Gasteiger partial charge in [-0.05, 0) is 57.4 Å². The number of hydrogen-bond donors (Lipinski definition) is 1. The second kappa shape index (κ2) is 7.07. The second-order valence-corrected chi connectivity index (χ2v) is 6.02. The van der Waals surface area contributed by atoms with Crippen molar-refractivity contribution in [3.05, 3.63) is 0 Å². The minimum atomic E-state index is -0.367. The molecule has 5 heteroatoms. The molecule has 1 heterocycles. The topological polar surface area (TPSA) is 72.6 Å². The first-order valence-electron chi connectivity index (χ1n) is 7.75. The minimum absolute atomic E-state index is 0.0723. The summed E-state index contributed by atoms with van der Waals surface area (Å²) in [6.45, 7) is 1.41. The number of methoxy groups -OCH3 is 1. The number of hydrogen-bond acceptors (Lipinski definition) is 4. The summed E-state index contributed by atoms with van der Waals surface area (Å²) in [6, 6.07) is -0.367. The Morgan fingerprint density at radius 2 is 1.85 bits per heavy atom. The van der Waals surface area contributed by atoms with Gasteiger partial charge in [0.2, 0.25) is 5.91 Å². The van der Waals surface area contributed by atoms with Gasteiger partial charge in [0.25, 0.3) is 0 Å². The maximum absolute atomic E-state index is 12.7. The molecule has 1 aliphatic carbocycles. The zero-order chi connectivity index (χ0) is 14.5. The number of likely N-dealkylation sites (tertiary alicyclic amines) is 1. The number of esters is 1. The van der Waals surface area contributed by atoms with Crippen molar-refractivity contribution in [3.63, 3.8) is 0 Å². The van der Waals surface area contributed by atoms with Crippen molar-refractivity contribution in [2.75, 3.05) is 20.2 Å². The van der Waals surface area contributed by atoms with E-state index in [9.17, 15) is 9.59 Å². The molecule has 1 saturated carbocycles. The van der Waals surface area contributed by atoms with Gasteiger partial charge >= 0.3 is 5.97 Å². The van der Waals surface area contributed by atoms with Crippen molar-refractivity contribution in [1.29, 1.82) is 0 Å². The molecular formula is C15H26N2O3. The van der Waals surface area contributed by atoms with E-state index in [2.05, 4.69) is 0 Å². The number of carbonyl (C=O) groups is 2. The van der Waals surface area contributed by atoms with Crippen molar-refractivity contribution in [3.8, 4) is 0 Å². The fourth-order valence-corrected chi connectivity index (χ4v) is 3.46. The Kier molecular flexibility index (Phi) is 5.40. The van der Waals surface area contributed by atoms with Crippen LogP contribution in [0.2, 0.25) is 0 Å². The lowest BCUT2D eigenvalue weighted by Gasteiger charge is -2.37. The fourth-order valence-electron chi connectivity index (χ4n) is 3.46. The highest BCUT2D eigenvalue weighted by molar-refractivity contribution is 5.86. The number of piperidine rings is 1. The molecule has 1 unspecified atom stereocenters. The van der Waals surface area contributed by atoms with Gasteiger partial charge in [-0.1, -0.05) is 0 Å². The first kappa shape index (κ1) is 15.3. The lowest BCUT2D eigenvalue weighted by molar-refractivity contribution is -0.156. The summed E-state index contributed by atoms with van der Waals surface area (Å²) < 4.78 is 4.84. The Balaban J connectivity index is 1.97. The van der Waals surface area contributed by atoms with Gasteiger partial charge in [-0.3, -0.25) is 4.79 Å². The second-order valence-electron chi connectivity index (χ2n) is 6.02. The smallest absolute Gasteiger partial charge is 0.328 e. The van der Waals surface area contributed by atoms with Crippen LogP contribution in [0.25, 0.3) is 0 Å². The van der Waals surface area contributed by atoms with Gasteiger partial charge in [0.1, 0.15) is 6.04 Å². The van der Waals surface area contributed by atoms with E-state index in [1.807, 2.05) is 0 Å². The van der Waals surface area contributed by atoms with Crippen LogP contribution in [0.5, 0.6) is 0 Å². The van der Waals surface area contributed by atoms with E-state index in [0.29, 0.717) is 12.5 Å². The zero-order valence-electron chi connectivity index (χ0n) is 12.3. The van der Waals surface area contributed by atoms with E-state index in [0.717, 1.165) is 51.5 Å². The number of ether oxygens (including phenoxy) is 1. The van der Waals surface area contributed by atoms with Gasteiger partial charge in [0.05, 0.1) is 7.11 Å².